The second-order valence-electron chi connectivity index (χ2n) is 6.04. The van der Waals surface area contributed by atoms with Crippen LogP contribution >= 0.6 is 15.9 Å². The highest BCUT2D eigenvalue weighted by atomic mass is 79.9. The molecule has 2 aromatic rings. The van der Waals surface area contributed by atoms with E-state index in [2.05, 4.69) is 31.4 Å². The Kier molecular flexibility index (Phi) is 4.39. The van der Waals surface area contributed by atoms with E-state index in [9.17, 15) is 4.79 Å². The van der Waals surface area contributed by atoms with Crippen LogP contribution in [0, 0.1) is 0 Å². The molecule has 1 aliphatic heterocycles. The number of fused-ring (bicyclic) bond motifs is 3. The third kappa shape index (κ3) is 2.99. The number of aromatic nitrogens is 2. The molecule has 0 spiro atoms. The molecule has 1 fully saturated rings. The average Bonchev–Trinajstić information content (AvgIpc) is 3.08. The summed E-state index contributed by atoms with van der Waals surface area (Å²) in [5.41, 5.74) is 5.18. The van der Waals surface area contributed by atoms with Crippen molar-refractivity contribution in [3.63, 3.8) is 0 Å². The molecule has 0 saturated carbocycles. The molecule has 6 nitrogen and oxygen atoms in total. The number of hydrogen-bond acceptors (Lipinski definition) is 4. The van der Waals surface area contributed by atoms with Crippen molar-refractivity contribution in [1.29, 1.82) is 0 Å². The van der Waals surface area contributed by atoms with Gasteiger partial charge in [-0.3, -0.25) is 9.89 Å². The van der Waals surface area contributed by atoms with E-state index >= 15 is 0 Å². The molecule has 126 valence electrons. The van der Waals surface area contributed by atoms with Crippen LogP contribution in [0.25, 0.3) is 11.3 Å². The fourth-order valence-electron chi connectivity index (χ4n) is 3.22. The van der Waals surface area contributed by atoms with Crippen LogP contribution in [0.15, 0.2) is 22.8 Å². The second-order valence-corrected chi connectivity index (χ2v) is 6.89. The Labute approximate surface area is 148 Å². The van der Waals surface area contributed by atoms with Gasteiger partial charge in [0.05, 0.1) is 37.8 Å². The van der Waals surface area contributed by atoms with E-state index in [-0.39, 0.29) is 12.0 Å². The molecule has 1 amide bonds. The Balaban J connectivity index is 1.52. The number of nitrogens with zero attached hydrogens (tertiary/aromatic N) is 1. The van der Waals surface area contributed by atoms with Crippen LogP contribution in [-0.4, -0.2) is 48.6 Å². The summed E-state index contributed by atoms with van der Waals surface area (Å²) in [5, 5.41) is 10.1. The highest BCUT2D eigenvalue weighted by Gasteiger charge is 2.23. The molecular weight excluding hydrogens is 374 g/mol. The van der Waals surface area contributed by atoms with E-state index in [4.69, 9.17) is 9.47 Å². The molecule has 1 atom stereocenters. The number of nitrogens with one attached hydrogen (secondary N) is 2. The van der Waals surface area contributed by atoms with Crippen LogP contribution in [0.1, 0.15) is 21.5 Å². The zero-order valence-electron chi connectivity index (χ0n) is 13.1. The lowest BCUT2D eigenvalue weighted by Gasteiger charge is -2.23. The van der Waals surface area contributed by atoms with Gasteiger partial charge in [0, 0.05) is 22.1 Å². The minimum absolute atomic E-state index is 0.0729. The number of rotatable bonds is 3. The SMILES string of the molecule is O=C(NCC1COCCO1)c1cc(Br)c2c(c1)CCc1cn[nH]c1-2. The zero-order chi connectivity index (χ0) is 16.5. The van der Waals surface area contributed by atoms with E-state index in [0.29, 0.717) is 31.9 Å². The first kappa shape index (κ1) is 15.8. The van der Waals surface area contributed by atoms with E-state index in [1.54, 1.807) is 0 Å². The van der Waals surface area contributed by atoms with Crippen molar-refractivity contribution >= 4 is 21.8 Å². The van der Waals surface area contributed by atoms with Crippen molar-refractivity contribution in [3.8, 4) is 11.3 Å². The predicted molar refractivity (Wildman–Crippen MR) is 92.0 cm³/mol. The molecule has 24 heavy (non-hydrogen) atoms. The molecule has 0 radical (unpaired) electrons. The maximum absolute atomic E-state index is 12.5. The van der Waals surface area contributed by atoms with Gasteiger partial charge in [-0.2, -0.15) is 5.10 Å². The minimum Gasteiger partial charge on any atom is -0.376 e. The van der Waals surface area contributed by atoms with Gasteiger partial charge in [-0.15, -0.1) is 0 Å². The number of aryl methyl sites for hydroxylation is 2. The number of carbonyl (C=O) groups excluding carboxylic acids is 1. The maximum Gasteiger partial charge on any atom is 0.251 e. The molecule has 2 aliphatic rings. The molecule has 1 aliphatic carbocycles. The molecule has 1 unspecified atom stereocenters. The van der Waals surface area contributed by atoms with Gasteiger partial charge in [-0.05, 0) is 36.1 Å². The lowest BCUT2D eigenvalue weighted by Crippen LogP contribution is -2.39. The summed E-state index contributed by atoms with van der Waals surface area (Å²) in [4.78, 5) is 12.5. The Bertz CT molecular complexity index is 768. The van der Waals surface area contributed by atoms with Crippen LogP contribution in [0.2, 0.25) is 0 Å². The molecular formula is C17H18BrN3O3. The first-order valence-electron chi connectivity index (χ1n) is 8.05. The summed E-state index contributed by atoms with van der Waals surface area (Å²) in [6, 6.07) is 3.83. The largest absolute Gasteiger partial charge is 0.376 e. The number of aromatic amines is 1. The van der Waals surface area contributed by atoms with Gasteiger partial charge in [-0.1, -0.05) is 15.9 Å². The van der Waals surface area contributed by atoms with Crippen molar-refractivity contribution in [2.75, 3.05) is 26.4 Å². The van der Waals surface area contributed by atoms with Gasteiger partial charge >= 0.3 is 0 Å². The lowest BCUT2D eigenvalue weighted by molar-refractivity contribution is -0.0855. The molecule has 2 N–H and O–H groups in total. The number of hydrogen-bond donors (Lipinski definition) is 2. The number of halogens is 1. The fraction of sp³-hybridized carbons (Fsp3) is 0.412. The first-order valence-corrected chi connectivity index (χ1v) is 8.84. The van der Waals surface area contributed by atoms with E-state index in [0.717, 1.165) is 34.1 Å². The van der Waals surface area contributed by atoms with E-state index < -0.39 is 0 Å². The van der Waals surface area contributed by atoms with E-state index in [1.165, 1.54) is 5.56 Å². The van der Waals surface area contributed by atoms with Crippen molar-refractivity contribution in [3.05, 3.63) is 39.5 Å². The number of ether oxygens (including phenoxy) is 2. The Morgan fingerprint density at radius 3 is 3.04 bits per heavy atom. The Morgan fingerprint density at radius 2 is 2.21 bits per heavy atom. The number of amides is 1. The molecule has 1 aromatic carbocycles. The molecule has 1 saturated heterocycles. The maximum atomic E-state index is 12.5. The van der Waals surface area contributed by atoms with Crippen LogP contribution in [-0.2, 0) is 22.3 Å². The summed E-state index contributed by atoms with van der Waals surface area (Å²) in [6.45, 7) is 2.18. The van der Waals surface area contributed by atoms with Gasteiger partial charge < -0.3 is 14.8 Å². The number of benzene rings is 1. The zero-order valence-corrected chi connectivity index (χ0v) is 14.7. The molecule has 7 heteroatoms. The van der Waals surface area contributed by atoms with E-state index in [1.807, 2.05) is 18.3 Å². The molecule has 1 aromatic heterocycles. The van der Waals surface area contributed by atoms with Crippen LogP contribution in [0.5, 0.6) is 0 Å². The smallest absolute Gasteiger partial charge is 0.251 e. The highest BCUT2D eigenvalue weighted by molar-refractivity contribution is 9.10. The average molecular weight is 392 g/mol. The molecule has 0 bridgehead atoms. The van der Waals surface area contributed by atoms with Crippen molar-refractivity contribution in [2.24, 2.45) is 0 Å². The normalized spacial score (nSPS) is 19.5. The highest BCUT2D eigenvalue weighted by Crippen LogP contribution is 2.38. The summed E-state index contributed by atoms with van der Waals surface area (Å²) in [6.07, 6.45) is 3.64. The van der Waals surface area contributed by atoms with Gasteiger partial charge in [-0.25, -0.2) is 0 Å². The quantitative estimate of drug-likeness (QED) is 0.839. The summed E-state index contributed by atoms with van der Waals surface area (Å²) < 4.78 is 11.8. The van der Waals surface area contributed by atoms with Crippen molar-refractivity contribution in [2.45, 2.75) is 18.9 Å². The second kappa shape index (κ2) is 6.66. The summed E-state index contributed by atoms with van der Waals surface area (Å²) in [5.74, 6) is -0.0944. The summed E-state index contributed by atoms with van der Waals surface area (Å²) in [7, 11) is 0. The van der Waals surface area contributed by atoms with Crippen LogP contribution in [0.3, 0.4) is 0 Å². The van der Waals surface area contributed by atoms with Crippen molar-refractivity contribution < 1.29 is 14.3 Å². The minimum atomic E-state index is -0.0944. The third-order valence-electron chi connectivity index (χ3n) is 4.44. The standard InChI is InChI=1S/C17H18BrN3O3/c18-14-6-12(17(22)19-8-13-9-23-3-4-24-13)5-10-1-2-11-7-20-21-16(11)15(10)14/h5-7,13H,1-4,8-9H2,(H,19,22)(H,20,21). The summed E-state index contributed by atoms with van der Waals surface area (Å²) >= 11 is 3.61. The Morgan fingerprint density at radius 1 is 1.33 bits per heavy atom. The van der Waals surface area contributed by atoms with Gasteiger partial charge in [0.1, 0.15) is 0 Å². The van der Waals surface area contributed by atoms with Gasteiger partial charge in [0.2, 0.25) is 0 Å². The molecule has 4 rings (SSSR count). The third-order valence-corrected chi connectivity index (χ3v) is 5.07. The van der Waals surface area contributed by atoms with Gasteiger partial charge in [0.25, 0.3) is 5.91 Å². The van der Waals surface area contributed by atoms with Crippen LogP contribution in [0.4, 0.5) is 0 Å². The topological polar surface area (TPSA) is 76.2 Å². The number of carbonyl (C=O) groups is 1. The van der Waals surface area contributed by atoms with Gasteiger partial charge in [0.15, 0.2) is 0 Å². The van der Waals surface area contributed by atoms with Crippen LogP contribution < -0.4 is 5.32 Å². The fourth-order valence-corrected chi connectivity index (χ4v) is 3.92. The molecule has 2 heterocycles. The number of H-pyrrole nitrogens is 1. The first-order chi connectivity index (χ1) is 11.7. The Hall–Kier alpha value is -1.70. The monoisotopic (exact) mass is 391 g/mol. The van der Waals surface area contributed by atoms with Crippen molar-refractivity contribution in [1.82, 2.24) is 15.5 Å². The predicted octanol–water partition coefficient (Wildman–Crippen LogP) is 2.08. The lowest BCUT2D eigenvalue weighted by atomic mass is 9.89.